The van der Waals surface area contributed by atoms with Gasteiger partial charge in [-0.25, -0.2) is 0 Å². The van der Waals surface area contributed by atoms with Crippen molar-refractivity contribution in [2.24, 2.45) is 5.73 Å². The zero-order valence-electron chi connectivity index (χ0n) is 10.7. The molecule has 2 unspecified atom stereocenters. The number of ether oxygens (including phenoxy) is 3. The van der Waals surface area contributed by atoms with Crippen LogP contribution in [0.1, 0.15) is 12.8 Å². The summed E-state index contributed by atoms with van der Waals surface area (Å²) in [5.74, 6) is 0.923. The van der Waals surface area contributed by atoms with Crippen LogP contribution >= 0.6 is 11.6 Å². The molecule has 0 radical (unpaired) electrons. The van der Waals surface area contributed by atoms with E-state index < -0.39 is 6.10 Å². The van der Waals surface area contributed by atoms with Crippen LogP contribution in [0.15, 0.2) is 12.1 Å². The highest BCUT2D eigenvalue weighted by Gasteiger charge is 2.30. The molecule has 1 fully saturated rings. The van der Waals surface area contributed by atoms with Gasteiger partial charge in [0.2, 0.25) is 6.79 Å². The Balaban J connectivity index is 1.70. The Kier molecular flexibility index (Phi) is 3.69. The summed E-state index contributed by atoms with van der Waals surface area (Å²) in [4.78, 5) is 12.1. The summed E-state index contributed by atoms with van der Waals surface area (Å²) in [6.07, 6.45) is 0.933. The topological polar surface area (TPSA) is 82.8 Å². The standard InChI is InChI=1S/C13H15ClN2O4/c14-8-3-11-12(19-6-18-11)4-9(8)16-13(17)10-2-1-7(5-15)20-10/h3-4,7,10H,1-2,5-6,15H2,(H,16,17). The molecule has 0 aromatic heterocycles. The summed E-state index contributed by atoms with van der Waals surface area (Å²) in [7, 11) is 0. The van der Waals surface area contributed by atoms with Crippen LogP contribution < -0.4 is 20.5 Å². The van der Waals surface area contributed by atoms with Crippen molar-refractivity contribution in [1.82, 2.24) is 0 Å². The Hall–Kier alpha value is -1.50. The molecule has 0 saturated carbocycles. The van der Waals surface area contributed by atoms with Crippen LogP contribution in [0.5, 0.6) is 11.5 Å². The first-order chi connectivity index (χ1) is 9.67. The van der Waals surface area contributed by atoms with Gasteiger partial charge in [0.15, 0.2) is 11.5 Å². The lowest BCUT2D eigenvalue weighted by atomic mass is 10.2. The Morgan fingerprint density at radius 3 is 2.80 bits per heavy atom. The third kappa shape index (κ3) is 2.54. The molecular weight excluding hydrogens is 284 g/mol. The lowest BCUT2D eigenvalue weighted by Crippen LogP contribution is -2.29. The summed E-state index contributed by atoms with van der Waals surface area (Å²) in [5, 5.41) is 3.15. The average Bonchev–Trinajstić information content (AvgIpc) is 3.07. The molecule has 2 atom stereocenters. The maximum atomic E-state index is 12.1. The number of halogens is 1. The second kappa shape index (κ2) is 5.47. The number of carbonyl (C=O) groups is 1. The van der Waals surface area contributed by atoms with Gasteiger partial charge in [-0.05, 0) is 12.8 Å². The highest BCUT2D eigenvalue weighted by atomic mass is 35.5. The van der Waals surface area contributed by atoms with Crippen LogP contribution in [0, 0.1) is 0 Å². The maximum absolute atomic E-state index is 12.1. The van der Waals surface area contributed by atoms with E-state index in [1.807, 2.05) is 0 Å². The lowest BCUT2D eigenvalue weighted by molar-refractivity contribution is -0.126. The summed E-state index contributed by atoms with van der Waals surface area (Å²) >= 11 is 6.10. The monoisotopic (exact) mass is 298 g/mol. The van der Waals surface area contributed by atoms with Gasteiger partial charge in [0.25, 0.3) is 5.91 Å². The Morgan fingerprint density at radius 2 is 2.10 bits per heavy atom. The molecule has 2 heterocycles. The predicted octanol–water partition coefficient (Wildman–Crippen LogP) is 1.51. The Labute approximate surface area is 121 Å². The smallest absolute Gasteiger partial charge is 0.253 e. The van der Waals surface area contributed by atoms with E-state index in [0.29, 0.717) is 35.2 Å². The van der Waals surface area contributed by atoms with Crippen molar-refractivity contribution in [2.75, 3.05) is 18.7 Å². The number of hydrogen-bond donors (Lipinski definition) is 2. The molecule has 20 heavy (non-hydrogen) atoms. The lowest BCUT2D eigenvalue weighted by Gasteiger charge is -2.13. The van der Waals surface area contributed by atoms with Gasteiger partial charge in [-0.3, -0.25) is 4.79 Å². The van der Waals surface area contributed by atoms with Crippen molar-refractivity contribution >= 4 is 23.2 Å². The summed E-state index contributed by atoms with van der Waals surface area (Å²) in [6.45, 7) is 0.585. The predicted molar refractivity (Wildman–Crippen MR) is 73.2 cm³/mol. The van der Waals surface area contributed by atoms with Crippen molar-refractivity contribution in [2.45, 2.75) is 25.0 Å². The number of fused-ring (bicyclic) bond motifs is 1. The number of benzene rings is 1. The third-order valence-electron chi connectivity index (χ3n) is 3.38. The van der Waals surface area contributed by atoms with Crippen molar-refractivity contribution in [1.29, 1.82) is 0 Å². The number of amides is 1. The Morgan fingerprint density at radius 1 is 1.35 bits per heavy atom. The molecule has 3 N–H and O–H groups in total. The maximum Gasteiger partial charge on any atom is 0.253 e. The van der Waals surface area contributed by atoms with Gasteiger partial charge in [-0.1, -0.05) is 11.6 Å². The molecule has 1 saturated heterocycles. The average molecular weight is 299 g/mol. The number of nitrogens with two attached hydrogens (primary N) is 1. The van der Waals surface area contributed by atoms with Crippen molar-refractivity contribution in [3.63, 3.8) is 0 Å². The van der Waals surface area contributed by atoms with Gasteiger partial charge in [0.05, 0.1) is 16.8 Å². The molecule has 0 spiro atoms. The molecule has 6 nitrogen and oxygen atoms in total. The van der Waals surface area contributed by atoms with Gasteiger partial charge < -0.3 is 25.3 Å². The Bertz CT molecular complexity index is 537. The summed E-state index contributed by atoms with van der Waals surface area (Å²) in [5.41, 5.74) is 6.01. The fraction of sp³-hybridized carbons (Fsp3) is 0.462. The molecule has 2 aliphatic rings. The second-order valence-electron chi connectivity index (χ2n) is 4.73. The largest absolute Gasteiger partial charge is 0.454 e. The molecule has 1 amide bonds. The van der Waals surface area contributed by atoms with E-state index >= 15 is 0 Å². The van der Waals surface area contributed by atoms with Crippen molar-refractivity contribution < 1.29 is 19.0 Å². The zero-order chi connectivity index (χ0) is 14.1. The molecule has 108 valence electrons. The van der Waals surface area contributed by atoms with Crippen LogP contribution in [0.2, 0.25) is 5.02 Å². The van der Waals surface area contributed by atoms with E-state index in [1.165, 1.54) is 0 Å². The first-order valence-electron chi connectivity index (χ1n) is 6.43. The number of rotatable bonds is 3. The molecule has 1 aromatic carbocycles. The van der Waals surface area contributed by atoms with Gasteiger partial charge in [-0.15, -0.1) is 0 Å². The van der Waals surface area contributed by atoms with Crippen molar-refractivity contribution in [3.8, 4) is 11.5 Å². The molecule has 2 aliphatic heterocycles. The SMILES string of the molecule is NCC1CCC(C(=O)Nc2cc3c(cc2Cl)OCO3)O1. The van der Waals surface area contributed by atoms with Crippen LogP contribution in [-0.4, -0.2) is 31.5 Å². The van der Waals surface area contributed by atoms with Crippen LogP contribution in [0.3, 0.4) is 0 Å². The van der Waals surface area contributed by atoms with Crippen LogP contribution in [0.4, 0.5) is 5.69 Å². The molecule has 3 rings (SSSR count). The number of anilines is 1. The molecule has 7 heteroatoms. The fourth-order valence-electron chi connectivity index (χ4n) is 2.30. The van der Waals surface area contributed by atoms with Crippen LogP contribution in [0.25, 0.3) is 0 Å². The summed E-state index contributed by atoms with van der Waals surface area (Å²) < 4.78 is 16.0. The highest BCUT2D eigenvalue weighted by molar-refractivity contribution is 6.34. The van der Waals surface area contributed by atoms with E-state index in [2.05, 4.69) is 5.32 Å². The normalized spacial score (nSPS) is 23.9. The van der Waals surface area contributed by atoms with E-state index in [4.69, 9.17) is 31.5 Å². The quantitative estimate of drug-likeness (QED) is 0.884. The van der Waals surface area contributed by atoms with Crippen molar-refractivity contribution in [3.05, 3.63) is 17.2 Å². The van der Waals surface area contributed by atoms with E-state index in [9.17, 15) is 4.79 Å². The first-order valence-corrected chi connectivity index (χ1v) is 6.80. The van der Waals surface area contributed by atoms with Gasteiger partial charge in [0.1, 0.15) is 6.10 Å². The van der Waals surface area contributed by atoms with Gasteiger partial charge in [0, 0.05) is 18.7 Å². The number of nitrogens with one attached hydrogen (secondary N) is 1. The van der Waals surface area contributed by atoms with Gasteiger partial charge >= 0.3 is 0 Å². The third-order valence-corrected chi connectivity index (χ3v) is 3.70. The second-order valence-corrected chi connectivity index (χ2v) is 5.14. The summed E-state index contributed by atoms with van der Waals surface area (Å²) in [6, 6.07) is 3.27. The first kappa shape index (κ1) is 13.5. The van der Waals surface area contributed by atoms with Crippen LogP contribution in [-0.2, 0) is 9.53 Å². The minimum absolute atomic E-state index is 0.0435. The molecular formula is C13H15ClN2O4. The fourth-order valence-corrected chi connectivity index (χ4v) is 2.50. The zero-order valence-corrected chi connectivity index (χ0v) is 11.5. The van der Waals surface area contributed by atoms with E-state index in [-0.39, 0.29) is 18.8 Å². The number of hydrogen-bond acceptors (Lipinski definition) is 5. The molecule has 0 bridgehead atoms. The van der Waals surface area contributed by atoms with E-state index in [1.54, 1.807) is 12.1 Å². The molecule has 1 aromatic rings. The van der Waals surface area contributed by atoms with Gasteiger partial charge in [-0.2, -0.15) is 0 Å². The minimum Gasteiger partial charge on any atom is -0.454 e. The molecule has 0 aliphatic carbocycles. The van der Waals surface area contributed by atoms with E-state index in [0.717, 1.165) is 6.42 Å². The highest BCUT2D eigenvalue weighted by Crippen LogP contribution is 2.39. The number of carbonyl (C=O) groups excluding carboxylic acids is 1. The minimum atomic E-state index is -0.481.